The summed E-state index contributed by atoms with van der Waals surface area (Å²) in [7, 11) is 0. The molecule has 1 aliphatic rings. The average molecular weight is 342 g/mol. The number of carbonyl (C=O) groups is 2. The first kappa shape index (κ1) is 16.6. The molecule has 8 nitrogen and oxygen atoms in total. The number of hydrogen-bond acceptors (Lipinski definition) is 6. The topological polar surface area (TPSA) is 107 Å². The van der Waals surface area contributed by atoms with Crippen molar-refractivity contribution < 1.29 is 19.1 Å². The summed E-state index contributed by atoms with van der Waals surface area (Å²) in [5.41, 5.74) is -0.974. The number of Topliss-reactive ketones (excluding diaryl/α,β-unsaturated/α-hetero) is 1. The van der Waals surface area contributed by atoms with Gasteiger partial charge in [0.15, 0.2) is 12.0 Å². The normalized spacial score (nSPS) is 20.0. The summed E-state index contributed by atoms with van der Waals surface area (Å²) in [6.45, 7) is 1.48. The van der Waals surface area contributed by atoms with Crippen molar-refractivity contribution in [1.82, 2.24) is 9.55 Å². The van der Waals surface area contributed by atoms with Gasteiger partial charge in [-0.1, -0.05) is 18.2 Å². The minimum atomic E-state index is -0.990. The number of ether oxygens (including phenoxy) is 2. The number of H-pyrrole nitrogens is 1. The van der Waals surface area contributed by atoms with Gasteiger partial charge in [-0.15, -0.1) is 0 Å². The van der Waals surface area contributed by atoms with E-state index in [4.69, 9.17) is 9.47 Å². The zero-order valence-electron chi connectivity index (χ0n) is 13.2. The van der Waals surface area contributed by atoms with E-state index in [-0.39, 0.29) is 11.3 Å². The van der Waals surface area contributed by atoms with Gasteiger partial charge in [-0.25, -0.2) is 9.59 Å². The van der Waals surface area contributed by atoms with Gasteiger partial charge in [0, 0.05) is 18.3 Å². The van der Waals surface area contributed by atoms with Crippen LogP contribution in [0.4, 0.5) is 0 Å². The highest BCUT2D eigenvalue weighted by Crippen LogP contribution is 2.23. The Balaban J connectivity index is 1.92. The lowest BCUT2D eigenvalue weighted by molar-refractivity contribution is -0.137. The Labute approximate surface area is 141 Å². The first-order chi connectivity index (χ1) is 12.0. The van der Waals surface area contributed by atoms with E-state index in [2.05, 4.69) is 4.98 Å². The van der Waals surface area contributed by atoms with Crippen molar-refractivity contribution in [3.8, 4) is 0 Å². The molecule has 0 radical (unpaired) electrons. The minimum absolute atomic E-state index is 0.212. The molecule has 2 aromatic rings. The molecule has 1 N–H and O–H groups in total. The molecule has 0 spiro atoms. The Kier molecular flexibility index (Phi) is 4.44. The Morgan fingerprint density at radius 2 is 1.88 bits per heavy atom. The van der Waals surface area contributed by atoms with Crippen molar-refractivity contribution in [2.45, 2.75) is 19.3 Å². The average Bonchev–Trinajstić information content (AvgIpc) is 2.59. The van der Waals surface area contributed by atoms with E-state index in [1.807, 2.05) is 0 Å². The molecule has 8 heteroatoms. The number of nitrogens with one attached hydrogen (secondary N) is 1. The summed E-state index contributed by atoms with van der Waals surface area (Å²) in [6.07, 6.45) is 0.549. The van der Waals surface area contributed by atoms with Crippen molar-refractivity contribution in [3.63, 3.8) is 0 Å². The van der Waals surface area contributed by atoms with E-state index in [0.29, 0.717) is 0 Å². The van der Waals surface area contributed by atoms with E-state index in [0.717, 1.165) is 10.6 Å². The smallest absolute Gasteiger partial charge is 0.343 e. The molecule has 1 aliphatic heterocycles. The number of carbonyl (C=O) groups excluding carboxylic acids is 2. The zero-order valence-corrected chi connectivity index (χ0v) is 13.2. The van der Waals surface area contributed by atoms with Gasteiger partial charge in [0.1, 0.15) is 6.10 Å². The number of hydrogen-bond donors (Lipinski definition) is 1. The van der Waals surface area contributed by atoms with E-state index in [9.17, 15) is 19.2 Å². The fourth-order valence-corrected chi connectivity index (χ4v) is 2.31. The van der Waals surface area contributed by atoms with Crippen LogP contribution < -0.4 is 11.2 Å². The molecule has 0 aliphatic carbocycles. The van der Waals surface area contributed by atoms with Crippen LogP contribution in [0.5, 0.6) is 0 Å². The summed E-state index contributed by atoms with van der Waals surface area (Å²) in [5.74, 6) is -1.42. The molecule has 3 rings (SSSR count). The Morgan fingerprint density at radius 1 is 1.16 bits per heavy atom. The van der Waals surface area contributed by atoms with Crippen molar-refractivity contribution in [3.05, 3.63) is 80.8 Å². The van der Waals surface area contributed by atoms with Crippen LogP contribution in [-0.2, 0) is 14.3 Å². The maximum Gasteiger partial charge on any atom is 0.343 e. The molecule has 0 saturated heterocycles. The van der Waals surface area contributed by atoms with Crippen molar-refractivity contribution >= 4 is 11.8 Å². The third kappa shape index (κ3) is 3.48. The molecule has 0 saturated carbocycles. The molecule has 128 valence electrons. The monoisotopic (exact) mass is 342 g/mol. The van der Waals surface area contributed by atoms with E-state index in [1.54, 1.807) is 30.3 Å². The highest BCUT2D eigenvalue weighted by molar-refractivity contribution is 6.01. The zero-order chi connectivity index (χ0) is 18.0. The third-order valence-corrected chi connectivity index (χ3v) is 3.59. The fourth-order valence-electron chi connectivity index (χ4n) is 2.31. The Morgan fingerprint density at radius 3 is 2.56 bits per heavy atom. The summed E-state index contributed by atoms with van der Waals surface area (Å²) in [6, 6.07) is 9.34. The maximum atomic E-state index is 12.2. The van der Waals surface area contributed by atoms with Gasteiger partial charge in [-0.3, -0.25) is 19.1 Å². The van der Waals surface area contributed by atoms with Crippen LogP contribution in [0.3, 0.4) is 0 Å². The van der Waals surface area contributed by atoms with E-state index in [1.165, 1.54) is 19.2 Å². The van der Waals surface area contributed by atoms with Gasteiger partial charge in [0.25, 0.3) is 5.56 Å². The van der Waals surface area contributed by atoms with Crippen LogP contribution >= 0.6 is 0 Å². The molecule has 1 aromatic carbocycles. The first-order valence-corrected chi connectivity index (χ1v) is 7.46. The lowest BCUT2D eigenvalue weighted by Gasteiger charge is -2.26. The van der Waals surface area contributed by atoms with Crippen LogP contribution in [-0.4, -0.2) is 27.4 Å². The predicted octanol–water partition coefficient (Wildman–Crippen LogP) is 0.764. The minimum Gasteiger partial charge on any atom is -0.419 e. The lowest BCUT2D eigenvalue weighted by Crippen LogP contribution is -2.38. The number of benzene rings is 1. The molecule has 2 heterocycles. The first-order valence-electron chi connectivity index (χ1n) is 7.46. The lowest BCUT2D eigenvalue weighted by atomic mass is 10.1. The third-order valence-electron chi connectivity index (χ3n) is 3.59. The summed E-state index contributed by atoms with van der Waals surface area (Å²) in [4.78, 5) is 49.5. The second-order valence-corrected chi connectivity index (χ2v) is 5.34. The number of nitrogens with zero attached hydrogens (tertiary/aromatic N) is 1. The van der Waals surface area contributed by atoms with Gasteiger partial charge in [-0.05, 0) is 19.1 Å². The van der Waals surface area contributed by atoms with Crippen molar-refractivity contribution in [2.24, 2.45) is 0 Å². The molecule has 1 aromatic heterocycles. The number of rotatable bonds is 3. The highest BCUT2D eigenvalue weighted by Gasteiger charge is 2.32. The second kappa shape index (κ2) is 6.70. The van der Waals surface area contributed by atoms with Crippen molar-refractivity contribution in [2.75, 3.05) is 0 Å². The Bertz CT molecular complexity index is 957. The number of aromatic amines is 1. The van der Waals surface area contributed by atoms with E-state index < -0.39 is 35.3 Å². The van der Waals surface area contributed by atoms with Crippen LogP contribution in [0.1, 0.15) is 23.5 Å². The molecule has 2 atom stereocenters. The standard InChI is InChI=1S/C17H14N2O6/c1-10-15(21)12(25-16(22)11-5-3-2-4-6-11)9-14(24-10)19-8-7-13(20)18-17(19)23/h2-10,14H,1H3,(H,18,20,23). The summed E-state index contributed by atoms with van der Waals surface area (Å²) in [5, 5.41) is 0. The molecular formula is C17H14N2O6. The van der Waals surface area contributed by atoms with Gasteiger partial charge in [0.05, 0.1) is 5.56 Å². The van der Waals surface area contributed by atoms with Gasteiger partial charge < -0.3 is 9.47 Å². The molecule has 0 fully saturated rings. The quantitative estimate of drug-likeness (QED) is 0.825. The van der Waals surface area contributed by atoms with Gasteiger partial charge in [-0.2, -0.15) is 0 Å². The van der Waals surface area contributed by atoms with Crippen LogP contribution in [0, 0.1) is 0 Å². The summed E-state index contributed by atoms with van der Waals surface area (Å²) < 4.78 is 11.7. The van der Waals surface area contributed by atoms with Gasteiger partial charge >= 0.3 is 11.7 Å². The van der Waals surface area contributed by atoms with Gasteiger partial charge in [0.2, 0.25) is 5.78 Å². The number of aromatic nitrogens is 2. The van der Waals surface area contributed by atoms with E-state index >= 15 is 0 Å². The second-order valence-electron chi connectivity index (χ2n) is 5.34. The predicted molar refractivity (Wildman–Crippen MR) is 85.9 cm³/mol. The molecular weight excluding hydrogens is 328 g/mol. The molecule has 0 bridgehead atoms. The molecule has 2 unspecified atom stereocenters. The molecule has 0 amide bonds. The number of esters is 1. The van der Waals surface area contributed by atoms with Crippen LogP contribution in [0.2, 0.25) is 0 Å². The largest absolute Gasteiger partial charge is 0.419 e. The van der Waals surface area contributed by atoms with Crippen LogP contribution in [0.15, 0.2) is 64.0 Å². The summed E-state index contributed by atoms with van der Waals surface area (Å²) >= 11 is 0. The molecule has 25 heavy (non-hydrogen) atoms. The Hall–Kier alpha value is -3.26. The maximum absolute atomic E-state index is 12.2. The van der Waals surface area contributed by atoms with Crippen LogP contribution in [0.25, 0.3) is 0 Å². The fraction of sp³-hybridized carbons (Fsp3) is 0.176. The SMILES string of the molecule is CC1OC(n2ccc(=O)[nH]c2=O)C=C(OC(=O)c2ccccc2)C1=O. The van der Waals surface area contributed by atoms with Crippen molar-refractivity contribution in [1.29, 1.82) is 0 Å². The highest BCUT2D eigenvalue weighted by atomic mass is 16.6. The number of ketones is 1.